The lowest BCUT2D eigenvalue weighted by Crippen LogP contribution is -2.64. The molecule has 8 unspecified atom stereocenters. The molecular formula is C16H14O. The average molecular weight is 222 g/mol. The number of carbonyl (C=O) groups excluding carboxylic acids is 1. The van der Waals surface area contributed by atoms with E-state index in [1.807, 2.05) is 0 Å². The Morgan fingerprint density at radius 1 is 1.06 bits per heavy atom. The van der Waals surface area contributed by atoms with Crippen molar-refractivity contribution in [3.05, 3.63) is 36.5 Å². The van der Waals surface area contributed by atoms with Gasteiger partial charge in [-0.2, -0.15) is 0 Å². The van der Waals surface area contributed by atoms with Gasteiger partial charge in [0.05, 0.1) is 5.41 Å². The number of hydrogen-bond acceptors (Lipinski definition) is 1. The molecule has 1 heteroatoms. The topological polar surface area (TPSA) is 17.1 Å². The molecule has 0 radical (unpaired) electrons. The van der Waals surface area contributed by atoms with Crippen LogP contribution in [-0.2, 0) is 4.79 Å². The Morgan fingerprint density at radius 2 is 1.71 bits per heavy atom. The van der Waals surface area contributed by atoms with E-state index in [4.69, 9.17) is 0 Å². The first-order valence-electron chi connectivity index (χ1n) is 6.86. The van der Waals surface area contributed by atoms with Gasteiger partial charge in [0.1, 0.15) is 5.78 Å². The first-order chi connectivity index (χ1) is 8.25. The predicted octanol–water partition coefficient (Wildman–Crippen LogP) is 2.37. The van der Waals surface area contributed by atoms with Crippen LogP contribution in [-0.4, -0.2) is 5.78 Å². The summed E-state index contributed by atoms with van der Waals surface area (Å²) in [5.74, 6) is 4.47. The van der Waals surface area contributed by atoms with Gasteiger partial charge in [0, 0.05) is 11.3 Å². The number of ketones is 1. The predicted molar refractivity (Wildman–Crippen MR) is 62.9 cm³/mol. The molecule has 6 rings (SSSR count). The minimum atomic E-state index is -0.124. The number of carbonyl (C=O) groups is 1. The number of Topliss-reactive ketones (excluding diaryl/α,β-unsaturated/α-hetero) is 1. The van der Waals surface area contributed by atoms with E-state index in [9.17, 15) is 4.79 Å². The molecule has 6 aliphatic rings. The number of allylic oxidation sites excluding steroid dienone is 5. The summed E-state index contributed by atoms with van der Waals surface area (Å²) in [5.41, 5.74) is 1.37. The molecule has 0 aromatic heterocycles. The van der Waals surface area contributed by atoms with Gasteiger partial charge in [0.2, 0.25) is 0 Å². The molecule has 0 saturated heterocycles. The monoisotopic (exact) mass is 222 g/mol. The van der Waals surface area contributed by atoms with E-state index >= 15 is 0 Å². The molecular weight excluding hydrogens is 208 g/mol. The summed E-state index contributed by atoms with van der Waals surface area (Å²) >= 11 is 0. The van der Waals surface area contributed by atoms with Crippen LogP contribution >= 0.6 is 0 Å². The summed E-state index contributed by atoms with van der Waals surface area (Å²) in [7, 11) is 0. The Bertz CT molecular complexity index is 545. The minimum Gasteiger partial charge on any atom is -0.298 e. The fourth-order valence-corrected chi connectivity index (χ4v) is 7.44. The summed E-state index contributed by atoms with van der Waals surface area (Å²) in [6.45, 7) is 4.44. The number of rotatable bonds is 0. The molecule has 0 amide bonds. The van der Waals surface area contributed by atoms with Crippen molar-refractivity contribution in [3.63, 3.8) is 0 Å². The lowest BCUT2D eigenvalue weighted by molar-refractivity contribution is -0.148. The van der Waals surface area contributed by atoms with E-state index in [0.717, 1.165) is 11.8 Å². The van der Waals surface area contributed by atoms with Gasteiger partial charge in [-0.25, -0.2) is 0 Å². The van der Waals surface area contributed by atoms with Crippen LogP contribution in [0.15, 0.2) is 36.5 Å². The van der Waals surface area contributed by atoms with Crippen LogP contribution in [0.1, 0.15) is 6.42 Å². The van der Waals surface area contributed by atoms with E-state index < -0.39 is 0 Å². The first kappa shape index (κ1) is 8.07. The first-order valence-corrected chi connectivity index (χ1v) is 6.86. The second-order valence-corrected chi connectivity index (χ2v) is 7.01. The zero-order valence-corrected chi connectivity index (χ0v) is 9.60. The largest absolute Gasteiger partial charge is 0.298 e. The van der Waals surface area contributed by atoms with Crippen molar-refractivity contribution in [1.82, 2.24) is 0 Å². The smallest absolute Gasteiger partial charge is 0.148 e. The van der Waals surface area contributed by atoms with Crippen molar-refractivity contribution < 1.29 is 4.79 Å². The Morgan fingerprint density at radius 3 is 2.53 bits per heavy atom. The highest BCUT2D eigenvalue weighted by Gasteiger charge is 2.92. The van der Waals surface area contributed by atoms with Gasteiger partial charge >= 0.3 is 0 Å². The molecule has 2 bridgehead atoms. The third-order valence-corrected chi connectivity index (χ3v) is 7.37. The molecule has 0 aromatic rings. The second kappa shape index (κ2) is 1.81. The number of hydrogen-bond donors (Lipinski definition) is 0. The van der Waals surface area contributed by atoms with Crippen molar-refractivity contribution in [2.24, 2.45) is 46.3 Å². The lowest BCUT2D eigenvalue weighted by atomic mass is 9.38. The molecule has 0 N–H and O–H groups in total. The van der Waals surface area contributed by atoms with Crippen LogP contribution in [0.25, 0.3) is 0 Å². The molecule has 8 atom stereocenters. The van der Waals surface area contributed by atoms with Crippen molar-refractivity contribution in [2.45, 2.75) is 6.42 Å². The molecule has 0 heterocycles. The van der Waals surface area contributed by atoms with E-state index in [2.05, 4.69) is 30.9 Å². The van der Waals surface area contributed by atoms with Crippen molar-refractivity contribution >= 4 is 5.78 Å². The van der Waals surface area contributed by atoms with E-state index in [-0.39, 0.29) is 10.8 Å². The highest BCUT2D eigenvalue weighted by atomic mass is 16.1. The van der Waals surface area contributed by atoms with E-state index in [0.29, 0.717) is 29.5 Å². The Balaban J connectivity index is 1.83. The summed E-state index contributed by atoms with van der Waals surface area (Å²) in [6.07, 6.45) is 10.2. The maximum atomic E-state index is 12.9. The fourth-order valence-electron chi connectivity index (χ4n) is 7.44. The van der Waals surface area contributed by atoms with Gasteiger partial charge in [0.15, 0.2) is 0 Å². The number of fused-ring (bicyclic) bond motifs is 1. The average Bonchev–Trinajstić information content (AvgIpc) is 2.86. The van der Waals surface area contributed by atoms with Gasteiger partial charge in [-0.3, -0.25) is 4.79 Å². The van der Waals surface area contributed by atoms with Crippen LogP contribution < -0.4 is 0 Å². The molecule has 5 saturated carbocycles. The van der Waals surface area contributed by atoms with Gasteiger partial charge in [0.25, 0.3) is 0 Å². The van der Waals surface area contributed by atoms with Crippen molar-refractivity contribution in [2.75, 3.05) is 0 Å². The van der Waals surface area contributed by atoms with Crippen molar-refractivity contribution in [3.8, 4) is 0 Å². The molecule has 84 valence electrons. The maximum Gasteiger partial charge on any atom is 0.148 e. The second-order valence-electron chi connectivity index (χ2n) is 7.01. The zero-order chi connectivity index (χ0) is 11.2. The third-order valence-electron chi connectivity index (χ3n) is 7.37. The van der Waals surface area contributed by atoms with Gasteiger partial charge in [-0.1, -0.05) is 36.5 Å². The summed E-state index contributed by atoms with van der Waals surface area (Å²) in [6, 6.07) is 0. The molecule has 2 spiro atoms. The van der Waals surface area contributed by atoms with E-state index in [1.165, 1.54) is 12.0 Å². The summed E-state index contributed by atoms with van der Waals surface area (Å²) in [4.78, 5) is 12.9. The Labute approximate surface area is 100 Å². The fraction of sp³-hybridized carbons (Fsp3) is 0.562. The Hall–Kier alpha value is -1.11. The third kappa shape index (κ3) is 0.418. The molecule has 6 aliphatic carbocycles. The lowest BCUT2D eigenvalue weighted by Gasteiger charge is -2.63. The van der Waals surface area contributed by atoms with Gasteiger partial charge in [-0.15, -0.1) is 0 Å². The Kier molecular flexibility index (Phi) is 0.857. The zero-order valence-electron chi connectivity index (χ0n) is 9.60. The van der Waals surface area contributed by atoms with Gasteiger partial charge in [-0.05, 0) is 36.0 Å². The minimum absolute atomic E-state index is 0.0700. The molecule has 0 aromatic carbocycles. The van der Waals surface area contributed by atoms with Crippen molar-refractivity contribution in [1.29, 1.82) is 0 Å². The standard InChI is InChI=1S/C16H14O/c1-7-10-8-6-9-11(10)14(17)16-5-3-2-4-15(7,16)12(8)13(9)16/h2-5,8-13H,1,6H2. The SMILES string of the molecule is C=C1C2C3CC4C2C(=O)C25C=CC=CC12C3C45. The summed E-state index contributed by atoms with van der Waals surface area (Å²) in [5, 5.41) is 0. The van der Waals surface area contributed by atoms with E-state index in [1.54, 1.807) is 0 Å². The maximum absolute atomic E-state index is 12.9. The van der Waals surface area contributed by atoms with Crippen LogP contribution in [0.2, 0.25) is 0 Å². The van der Waals surface area contributed by atoms with Crippen LogP contribution in [0.3, 0.4) is 0 Å². The quantitative estimate of drug-likeness (QED) is 0.575. The summed E-state index contributed by atoms with van der Waals surface area (Å²) < 4.78 is 0. The van der Waals surface area contributed by atoms with Crippen LogP contribution in [0.4, 0.5) is 0 Å². The molecule has 17 heavy (non-hydrogen) atoms. The van der Waals surface area contributed by atoms with Gasteiger partial charge < -0.3 is 0 Å². The van der Waals surface area contributed by atoms with Crippen LogP contribution in [0, 0.1) is 46.3 Å². The molecule has 0 aliphatic heterocycles. The highest BCUT2D eigenvalue weighted by Crippen LogP contribution is 2.93. The van der Waals surface area contributed by atoms with Crippen LogP contribution in [0.5, 0.6) is 0 Å². The molecule has 5 fully saturated rings. The molecule has 1 nitrogen and oxygen atoms in total. The highest BCUT2D eigenvalue weighted by molar-refractivity contribution is 6.00. The normalized spacial score (nSPS) is 70.4.